The third-order valence-electron chi connectivity index (χ3n) is 2.36. The van der Waals surface area contributed by atoms with Gasteiger partial charge >= 0.3 is 6.09 Å². The van der Waals surface area contributed by atoms with Crippen LogP contribution in [0.3, 0.4) is 0 Å². The molecule has 0 aliphatic rings. The first-order valence-electron chi connectivity index (χ1n) is 5.56. The predicted octanol–water partition coefficient (Wildman–Crippen LogP) is 2.25. The number of fused-ring (bicyclic) bond motifs is 1. The van der Waals surface area contributed by atoms with Crippen LogP contribution in [0.2, 0.25) is 0 Å². The Morgan fingerprint density at radius 3 is 2.71 bits per heavy atom. The van der Waals surface area contributed by atoms with E-state index in [4.69, 9.17) is 4.74 Å². The molecule has 0 aliphatic carbocycles. The second kappa shape index (κ2) is 3.87. The highest BCUT2D eigenvalue weighted by Gasteiger charge is 2.19. The molecular formula is C13H17N2O2+. The van der Waals surface area contributed by atoms with Crippen LogP contribution in [-0.4, -0.2) is 16.3 Å². The standard InChI is InChI=1S/C13H17N2O2/c1-13(2,3)17-12(16)15-8-5-10-9-14(4)7-6-11(10)15/h5-9H,1-4H3/q+1. The highest BCUT2D eigenvalue weighted by atomic mass is 16.6. The Balaban J connectivity index is 2.40. The molecule has 4 heteroatoms. The monoisotopic (exact) mass is 233 g/mol. The van der Waals surface area contributed by atoms with Gasteiger partial charge in [0.15, 0.2) is 12.4 Å². The van der Waals surface area contributed by atoms with Gasteiger partial charge in [0.25, 0.3) is 0 Å². The minimum absolute atomic E-state index is 0.346. The minimum atomic E-state index is -0.479. The molecule has 0 spiro atoms. The first-order valence-corrected chi connectivity index (χ1v) is 5.56. The van der Waals surface area contributed by atoms with Crippen LogP contribution in [-0.2, 0) is 11.8 Å². The van der Waals surface area contributed by atoms with Crippen molar-refractivity contribution in [1.82, 2.24) is 4.57 Å². The predicted molar refractivity (Wildman–Crippen MR) is 64.7 cm³/mol. The Kier molecular flexibility index (Phi) is 2.65. The molecule has 2 aromatic rings. The van der Waals surface area contributed by atoms with Gasteiger partial charge in [-0.2, -0.15) is 0 Å². The number of aromatic nitrogens is 2. The molecule has 2 rings (SSSR count). The van der Waals surface area contributed by atoms with Crippen molar-refractivity contribution in [3.63, 3.8) is 0 Å². The summed E-state index contributed by atoms with van der Waals surface area (Å²) in [4.78, 5) is 12.0. The molecule has 0 saturated heterocycles. The maximum absolute atomic E-state index is 12.0. The molecule has 0 fully saturated rings. The van der Waals surface area contributed by atoms with Crippen LogP contribution in [0.25, 0.3) is 10.9 Å². The van der Waals surface area contributed by atoms with Crippen molar-refractivity contribution in [2.75, 3.05) is 0 Å². The molecule has 0 atom stereocenters. The molecule has 90 valence electrons. The minimum Gasteiger partial charge on any atom is -0.443 e. The maximum Gasteiger partial charge on any atom is 0.418 e. The number of aryl methyl sites for hydroxylation is 1. The number of hydrogen-bond acceptors (Lipinski definition) is 2. The van der Waals surface area contributed by atoms with Crippen LogP contribution in [0.1, 0.15) is 20.8 Å². The van der Waals surface area contributed by atoms with Gasteiger partial charge in [0.2, 0.25) is 0 Å². The van der Waals surface area contributed by atoms with E-state index in [1.807, 2.05) is 56.9 Å². The summed E-state index contributed by atoms with van der Waals surface area (Å²) in [5.74, 6) is 0. The molecule has 17 heavy (non-hydrogen) atoms. The second-order valence-corrected chi connectivity index (χ2v) is 5.12. The number of carbonyl (C=O) groups is 1. The fourth-order valence-corrected chi connectivity index (χ4v) is 1.67. The number of hydrogen-bond donors (Lipinski definition) is 0. The molecule has 4 nitrogen and oxygen atoms in total. The van der Waals surface area contributed by atoms with Gasteiger partial charge < -0.3 is 4.74 Å². The van der Waals surface area contributed by atoms with Crippen molar-refractivity contribution >= 4 is 17.0 Å². The van der Waals surface area contributed by atoms with Gasteiger partial charge in [-0.05, 0) is 26.8 Å². The summed E-state index contributed by atoms with van der Waals surface area (Å²) in [7, 11) is 1.95. The Morgan fingerprint density at radius 1 is 1.35 bits per heavy atom. The lowest BCUT2D eigenvalue weighted by atomic mass is 10.2. The molecule has 0 amide bonds. The topological polar surface area (TPSA) is 35.1 Å². The second-order valence-electron chi connectivity index (χ2n) is 5.12. The van der Waals surface area contributed by atoms with Crippen molar-refractivity contribution in [3.8, 4) is 0 Å². The zero-order valence-corrected chi connectivity index (χ0v) is 10.6. The third kappa shape index (κ3) is 2.46. The third-order valence-corrected chi connectivity index (χ3v) is 2.36. The summed E-state index contributed by atoms with van der Waals surface area (Å²) in [6.07, 6.45) is 5.26. The van der Waals surface area contributed by atoms with Gasteiger partial charge in [-0.1, -0.05) is 0 Å². The SMILES string of the molecule is C[n+]1ccc2c(ccn2C(=O)OC(C)(C)C)c1. The van der Waals surface area contributed by atoms with Gasteiger partial charge in [0.1, 0.15) is 12.6 Å². The Morgan fingerprint density at radius 2 is 2.06 bits per heavy atom. The Bertz CT molecular complexity index is 564. The number of pyridine rings is 1. The molecule has 2 heterocycles. The largest absolute Gasteiger partial charge is 0.443 e. The van der Waals surface area contributed by atoms with E-state index in [9.17, 15) is 4.79 Å². The zero-order valence-electron chi connectivity index (χ0n) is 10.6. The van der Waals surface area contributed by atoms with E-state index in [0.717, 1.165) is 10.9 Å². The molecule has 0 N–H and O–H groups in total. The number of carbonyl (C=O) groups excluding carboxylic acids is 1. The molecule has 0 aromatic carbocycles. The van der Waals surface area contributed by atoms with Gasteiger partial charge in [-0.15, -0.1) is 0 Å². The van der Waals surface area contributed by atoms with E-state index in [1.54, 1.807) is 6.20 Å². The fourth-order valence-electron chi connectivity index (χ4n) is 1.67. The maximum atomic E-state index is 12.0. The summed E-state index contributed by atoms with van der Waals surface area (Å²) in [6.45, 7) is 5.57. The summed E-state index contributed by atoms with van der Waals surface area (Å²) in [5, 5.41) is 1.01. The van der Waals surface area contributed by atoms with Crippen LogP contribution >= 0.6 is 0 Å². The Labute approximate surface area is 100 Å². The highest BCUT2D eigenvalue weighted by molar-refractivity contribution is 5.88. The molecule has 0 bridgehead atoms. The van der Waals surface area contributed by atoms with Crippen molar-refractivity contribution in [1.29, 1.82) is 0 Å². The number of nitrogens with zero attached hydrogens (tertiary/aromatic N) is 2. The first-order chi connectivity index (χ1) is 7.87. The number of ether oxygens (including phenoxy) is 1. The Hall–Kier alpha value is -1.84. The molecule has 0 radical (unpaired) electrons. The van der Waals surface area contributed by atoms with E-state index < -0.39 is 5.60 Å². The lowest BCUT2D eigenvalue weighted by Gasteiger charge is -2.19. The van der Waals surface area contributed by atoms with Crippen molar-refractivity contribution < 1.29 is 14.1 Å². The lowest BCUT2D eigenvalue weighted by molar-refractivity contribution is -0.670. The smallest absolute Gasteiger partial charge is 0.418 e. The van der Waals surface area contributed by atoms with Crippen LogP contribution in [0.4, 0.5) is 4.79 Å². The quantitative estimate of drug-likeness (QED) is 0.654. The summed E-state index contributed by atoms with van der Waals surface area (Å²) in [5.41, 5.74) is 0.380. The van der Waals surface area contributed by atoms with Gasteiger partial charge in [0.05, 0.1) is 10.9 Å². The lowest BCUT2D eigenvalue weighted by Crippen LogP contribution is -2.28. The highest BCUT2D eigenvalue weighted by Crippen LogP contribution is 2.16. The van der Waals surface area contributed by atoms with E-state index in [-0.39, 0.29) is 6.09 Å². The van der Waals surface area contributed by atoms with Crippen LogP contribution in [0.5, 0.6) is 0 Å². The molecule has 0 saturated carbocycles. The van der Waals surface area contributed by atoms with Crippen LogP contribution in [0.15, 0.2) is 30.7 Å². The summed E-state index contributed by atoms with van der Waals surface area (Å²) >= 11 is 0. The van der Waals surface area contributed by atoms with Gasteiger partial charge in [-0.3, -0.25) is 4.57 Å². The van der Waals surface area contributed by atoms with Crippen molar-refractivity contribution in [2.24, 2.45) is 7.05 Å². The molecule has 0 aliphatic heterocycles. The van der Waals surface area contributed by atoms with E-state index >= 15 is 0 Å². The van der Waals surface area contributed by atoms with Crippen LogP contribution in [0, 0.1) is 0 Å². The molecule has 2 aromatic heterocycles. The van der Waals surface area contributed by atoms with Crippen LogP contribution < -0.4 is 4.57 Å². The average Bonchev–Trinajstić information content (AvgIpc) is 2.57. The normalized spacial score (nSPS) is 11.8. The first kappa shape index (κ1) is 11.6. The zero-order chi connectivity index (χ0) is 12.6. The summed E-state index contributed by atoms with van der Waals surface area (Å²) < 4.78 is 8.81. The van der Waals surface area contributed by atoms with E-state index in [1.165, 1.54) is 4.57 Å². The van der Waals surface area contributed by atoms with E-state index in [0.29, 0.717) is 0 Å². The molecule has 0 unspecified atom stereocenters. The molecular weight excluding hydrogens is 216 g/mol. The van der Waals surface area contributed by atoms with Gasteiger partial charge in [0, 0.05) is 12.3 Å². The van der Waals surface area contributed by atoms with Gasteiger partial charge in [-0.25, -0.2) is 9.36 Å². The van der Waals surface area contributed by atoms with Crippen molar-refractivity contribution in [2.45, 2.75) is 26.4 Å². The van der Waals surface area contributed by atoms with Crippen molar-refractivity contribution in [3.05, 3.63) is 30.7 Å². The summed E-state index contributed by atoms with van der Waals surface area (Å²) in [6, 6.07) is 3.80. The number of rotatable bonds is 0. The average molecular weight is 233 g/mol. The van der Waals surface area contributed by atoms with E-state index in [2.05, 4.69) is 0 Å². The fraction of sp³-hybridized carbons (Fsp3) is 0.385.